The summed E-state index contributed by atoms with van der Waals surface area (Å²) in [5.41, 5.74) is 0.783. The van der Waals surface area contributed by atoms with Gasteiger partial charge >= 0.3 is 0 Å². The van der Waals surface area contributed by atoms with Crippen LogP contribution in [-0.2, 0) is 6.54 Å². The maximum absolute atomic E-state index is 13.2. The average molecular weight is 251 g/mol. The second kappa shape index (κ2) is 5.71. The van der Waals surface area contributed by atoms with Gasteiger partial charge in [0.1, 0.15) is 0 Å². The number of phenols is 1. The van der Waals surface area contributed by atoms with Crippen molar-refractivity contribution in [2.24, 2.45) is 4.99 Å². The van der Waals surface area contributed by atoms with Gasteiger partial charge in [0.05, 0.1) is 0 Å². The van der Waals surface area contributed by atoms with Crippen LogP contribution >= 0.6 is 0 Å². The minimum Gasteiger partial charge on any atom is -0.505 e. The minimum atomic E-state index is -0.592. The van der Waals surface area contributed by atoms with Gasteiger partial charge in [0, 0.05) is 26.7 Å². The third-order valence-electron chi connectivity index (χ3n) is 3.08. The smallest absolute Gasteiger partial charge is 0.193 e. The normalized spacial score (nSPS) is 16.1. The van der Waals surface area contributed by atoms with Gasteiger partial charge < -0.3 is 15.3 Å². The fraction of sp³-hybridized carbons (Fsp3) is 0.462. The van der Waals surface area contributed by atoms with E-state index in [0.29, 0.717) is 6.54 Å². The Morgan fingerprint density at radius 1 is 1.44 bits per heavy atom. The molecule has 1 aliphatic heterocycles. The van der Waals surface area contributed by atoms with Crippen molar-refractivity contribution in [2.45, 2.75) is 19.4 Å². The maximum Gasteiger partial charge on any atom is 0.193 e. The molecule has 0 amide bonds. The summed E-state index contributed by atoms with van der Waals surface area (Å²) < 4.78 is 13.2. The van der Waals surface area contributed by atoms with E-state index in [1.165, 1.54) is 25.0 Å². The third-order valence-corrected chi connectivity index (χ3v) is 3.08. The molecule has 0 radical (unpaired) electrons. The summed E-state index contributed by atoms with van der Waals surface area (Å²) in [4.78, 5) is 6.40. The Kier molecular flexibility index (Phi) is 4.02. The van der Waals surface area contributed by atoms with Crippen molar-refractivity contribution in [1.82, 2.24) is 10.2 Å². The van der Waals surface area contributed by atoms with Gasteiger partial charge in [-0.15, -0.1) is 0 Å². The van der Waals surface area contributed by atoms with E-state index in [4.69, 9.17) is 5.11 Å². The highest BCUT2D eigenvalue weighted by Gasteiger charge is 2.15. The maximum atomic E-state index is 13.2. The lowest BCUT2D eigenvalue weighted by Gasteiger charge is -2.20. The largest absolute Gasteiger partial charge is 0.505 e. The predicted octanol–water partition coefficient (Wildman–Crippen LogP) is 1.70. The zero-order valence-corrected chi connectivity index (χ0v) is 10.5. The number of nitrogens with zero attached hydrogens (tertiary/aromatic N) is 2. The van der Waals surface area contributed by atoms with Crippen molar-refractivity contribution in [1.29, 1.82) is 0 Å². The number of nitrogens with one attached hydrogen (secondary N) is 1. The number of aromatic hydroxyl groups is 1. The molecule has 4 nitrogen and oxygen atoms in total. The molecule has 0 aromatic heterocycles. The van der Waals surface area contributed by atoms with Gasteiger partial charge in [-0.25, -0.2) is 4.39 Å². The lowest BCUT2D eigenvalue weighted by atomic mass is 10.2. The fourth-order valence-corrected chi connectivity index (χ4v) is 2.10. The van der Waals surface area contributed by atoms with E-state index in [9.17, 15) is 4.39 Å². The average Bonchev–Trinajstić information content (AvgIpc) is 2.88. The first-order chi connectivity index (χ1) is 8.70. The molecule has 5 heteroatoms. The fourth-order valence-electron chi connectivity index (χ4n) is 2.10. The second-order valence-electron chi connectivity index (χ2n) is 4.38. The summed E-state index contributed by atoms with van der Waals surface area (Å²) in [5.74, 6) is -0.0610. The van der Waals surface area contributed by atoms with E-state index in [1.54, 1.807) is 13.1 Å². The Morgan fingerprint density at radius 3 is 2.78 bits per heavy atom. The zero-order chi connectivity index (χ0) is 13.0. The van der Waals surface area contributed by atoms with Crippen LogP contribution in [0.1, 0.15) is 18.4 Å². The molecule has 0 unspecified atom stereocenters. The molecule has 0 saturated carbocycles. The van der Waals surface area contributed by atoms with E-state index in [-0.39, 0.29) is 5.75 Å². The lowest BCUT2D eigenvalue weighted by Crippen LogP contribution is -2.39. The van der Waals surface area contributed by atoms with E-state index in [0.717, 1.165) is 24.6 Å². The van der Waals surface area contributed by atoms with Gasteiger partial charge in [-0.2, -0.15) is 0 Å². The van der Waals surface area contributed by atoms with Gasteiger partial charge in [0.15, 0.2) is 17.5 Å². The van der Waals surface area contributed by atoms with E-state index in [2.05, 4.69) is 15.2 Å². The second-order valence-corrected chi connectivity index (χ2v) is 4.38. The Bertz CT molecular complexity index is 442. The molecule has 1 heterocycles. The molecule has 1 aromatic carbocycles. The molecule has 1 aliphatic rings. The number of hydrogen-bond acceptors (Lipinski definition) is 2. The Labute approximate surface area is 106 Å². The van der Waals surface area contributed by atoms with Gasteiger partial charge in [-0.3, -0.25) is 4.99 Å². The molecule has 0 aliphatic carbocycles. The van der Waals surface area contributed by atoms with Crippen LogP contribution in [0.4, 0.5) is 4.39 Å². The van der Waals surface area contributed by atoms with Crippen LogP contribution in [0, 0.1) is 5.82 Å². The number of hydrogen-bond donors (Lipinski definition) is 2. The van der Waals surface area contributed by atoms with Crippen LogP contribution in [0.3, 0.4) is 0 Å². The molecule has 1 fully saturated rings. The number of benzene rings is 1. The summed E-state index contributed by atoms with van der Waals surface area (Å²) in [6.45, 7) is 2.54. The Balaban J connectivity index is 1.95. The van der Waals surface area contributed by atoms with Crippen LogP contribution < -0.4 is 5.32 Å². The Morgan fingerprint density at radius 2 is 2.17 bits per heavy atom. The Hall–Kier alpha value is -1.78. The summed E-state index contributed by atoms with van der Waals surface area (Å²) in [6, 6.07) is 4.40. The van der Waals surface area contributed by atoms with Crippen LogP contribution in [0.25, 0.3) is 0 Å². The molecular formula is C13H18FN3O. The highest BCUT2D eigenvalue weighted by Crippen LogP contribution is 2.16. The van der Waals surface area contributed by atoms with Gasteiger partial charge in [0.25, 0.3) is 0 Å². The van der Waals surface area contributed by atoms with Crippen molar-refractivity contribution >= 4 is 5.96 Å². The van der Waals surface area contributed by atoms with E-state index < -0.39 is 5.82 Å². The topological polar surface area (TPSA) is 47.9 Å². The van der Waals surface area contributed by atoms with Crippen molar-refractivity contribution < 1.29 is 9.50 Å². The van der Waals surface area contributed by atoms with Gasteiger partial charge in [0.2, 0.25) is 0 Å². The molecule has 18 heavy (non-hydrogen) atoms. The molecule has 0 atom stereocenters. The monoisotopic (exact) mass is 251 g/mol. The molecule has 2 rings (SSSR count). The van der Waals surface area contributed by atoms with Crippen molar-refractivity contribution in [3.8, 4) is 5.75 Å². The minimum absolute atomic E-state index is 0.317. The molecule has 0 bridgehead atoms. The predicted molar refractivity (Wildman–Crippen MR) is 69.1 cm³/mol. The quantitative estimate of drug-likeness (QED) is 0.621. The molecule has 1 saturated heterocycles. The summed E-state index contributed by atoms with van der Waals surface area (Å²) in [5, 5.41) is 12.3. The molecule has 1 aromatic rings. The number of likely N-dealkylation sites (tertiary alicyclic amines) is 1. The number of phenolic OH excluding ortho intramolecular Hbond substituents is 1. The number of guanidine groups is 1. The van der Waals surface area contributed by atoms with Crippen LogP contribution in [0.2, 0.25) is 0 Å². The molecular weight excluding hydrogens is 233 g/mol. The molecule has 2 N–H and O–H groups in total. The lowest BCUT2D eigenvalue weighted by molar-refractivity contribution is 0.431. The van der Waals surface area contributed by atoms with Crippen LogP contribution in [-0.4, -0.2) is 36.1 Å². The van der Waals surface area contributed by atoms with Crippen LogP contribution in [0.15, 0.2) is 23.2 Å². The molecule has 98 valence electrons. The van der Waals surface area contributed by atoms with Gasteiger partial charge in [-0.1, -0.05) is 6.07 Å². The number of rotatable bonds is 2. The first-order valence-electron chi connectivity index (χ1n) is 6.13. The summed E-state index contributed by atoms with van der Waals surface area (Å²) in [7, 11) is 1.75. The van der Waals surface area contributed by atoms with Crippen molar-refractivity contribution in [3.05, 3.63) is 29.6 Å². The first kappa shape index (κ1) is 12.7. The number of halogens is 1. The summed E-state index contributed by atoms with van der Waals surface area (Å²) >= 11 is 0. The third kappa shape index (κ3) is 2.91. The SMILES string of the molecule is CN=C(NCc1ccc(O)c(F)c1)N1CCCC1. The van der Waals surface area contributed by atoms with Crippen molar-refractivity contribution in [3.63, 3.8) is 0 Å². The van der Waals surface area contributed by atoms with E-state index in [1.807, 2.05) is 0 Å². The highest BCUT2D eigenvalue weighted by atomic mass is 19.1. The van der Waals surface area contributed by atoms with Crippen LogP contribution in [0.5, 0.6) is 5.75 Å². The highest BCUT2D eigenvalue weighted by molar-refractivity contribution is 5.80. The van der Waals surface area contributed by atoms with Gasteiger partial charge in [-0.05, 0) is 30.5 Å². The van der Waals surface area contributed by atoms with E-state index >= 15 is 0 Å². The zero-order valence-electron chi connectivity index (χ0n) is 10.5. The number of aliphatic imine (C=N–C) groups is 1. The van der Waals surface area contributed by atoms with Crippen molar-refractivity contribution in [2.75, 3.05) is 20.1 Å². The standard InChI is InChI=1S/C13H18FN3O/c1-15-13(17-6-2-3-7-17)16-9-10-4-5-12(18)11(14)8-10/h4-5,8,18H,2-3,6-7,9H2,1H3,(H,15,16). The summed E-state index contributed by atoms with van der Waals surface area (Å²) in [6.07, 6.45) is 2.38. The molecule has 0 spiro atoms. The first-order valence-corrected chi connectivity index (χ1v) is 6.13.